The molecule has 1 fully saturated rings. The highest BCUT2D eigenvalue weighted by molar-refractivity contribution is 6.99. The number of rotatable bonds is 10. The fourth-order valence-corrected chi connectivity index (χ4v) is 10.2. The molecule has 0 spiro atoms. The van der Waals surface area contributed by atoms with Crippen molar-refractivity contribution in [3.05, 3.63) is 85.0 Å². The molecular formula is C34H48O4Si. The lowest BCUT2D eigenvalue weighted by molar-refractivity contribution is -0.147. The fraction of sp³-hybridized carbons (Fsp3) is 0.500. The Balaban J connectivity index is 1.97. The Labute approximate surface area is 237 Å². The van der Waals surface area contributed by atoms with E-state index in [1.165, 1.54) is 10.4 Å². The van der Waals surface area contributed by atoms with Crippen LogP contribution >= 0.6 is 0 Å². The van der Waals surface area contributed by atoms with Gasteiger partial charge in [-0.25, -0.2) is 0 Å². The van der Waals surface area contributed by atoms with Crippen LogP contribution in [0.25, 0.3) is 0 Å². The van der Waals surface area contributed by atoms with E-state index in [0.29, 0.717) is 12.8 Å². The summed E-state index contributed by atoms with van der Waals surface area (Å²) in [7, 11) is -2.85. The first-order valence-electron chi connectivity index (χ1n) is 14.8. The lowest BCUT2D eigenvalue weighted by Crippen LogP contribution is -2.68. The molecule has 1 aliphatic heterocycles. The maximum absolute atomic E-state index is 12.3. The number of aliphatic hydroxyl groups excluding tert-OH is 1. The third-order valence-electron chi connectivity index (χ3n) is 7.57. The quantitative estimate of drug-likeness (QED) is 0.200. The van der Waals surface area contributed by atoms with Gasteiger partial charge >= 0.3 is 5.97 Å². The molecule has 2 aromatic rings. The molecule has 0 unspecified atom stereocenters. The molecule has 0 radical (unpaired) electrons. The standard InChI is InChI=1S/C34H48O4Si/c1-5-6-12-24-32(31(35)27-26-28-19-13-8-7-9-18-25-33(36)37-28)38-39(34(2,3)4,29-20-14-10-15-21-29)30-22-16-11-17-23-30/h6,10-12,14-17,20-23,26-28,31-32,35H,5,7-9,13,18-19,24-25H2,1-4H3/b12-6-,27-26+/t28-,31-,32+/m1/s1. The molecule has 4 nitrogen and oxygen atoms in total. The first-order valence-corrected chi connectivity index (χ1v) is 16.7. The molecule has 1 saturated heterocycles. The normalized spacial score (nSPS) is 19.6. The van der Waals surface area contributed by atoms with E-state index >= 15 is 0 Å². The molecule has 0 amide bonds. The van der Waals surface area contributed by atoms with Crippen molar-refractivity contribution >= 4 is 24.7 Å². The highest BCUT2D eigenvalue weighted by Crippen LogP contribution is 2.38. The van der Waals surface area contributed by atoms with E-state index in [4.69, 9.17) is 9.16 Å². The number of esters is 1. The van der Waals surface area contributed by atoms with Crippen LogP contribution in [0.15, 0.2) is 85.0 Å². The predicted molar refractivity (Wildman–Crippen MR) is 164 cm³/mol. The zero-order chi connectivity index (χ0) is 28.1. The molecule has 0 saturated carbocycles. The van der Waals surface area contributed by atoms with Crippen molar-refractivity contribution in [1.82, 2.24) is 0 Å². The highest BCUT2D eigenvalue weighted by atomic mass is 28.4. The second kappa shape index (κ2) is 15.4. The summed E-state index contributed by atoms with van der Waals surface area (Å²) in [5.74, 6) is -0.146. The summed E-state index contributed by atoms with van der Waals surface area (Å²) in [6.07, 6.45) is 14.4. The van der Waals surface area contributed by atoms with Gasteiger partial charge < -0.3 is 14.3 Å². The van der Waals surface area contributed by atoms with Gasteiger partial charge in [0.05, 0.1) is 12.2 Å². The molecule has 3 rings (SSSR count). The van der Waals surface area contributed by atoms with Crippen molar-refractivity contribution < 1.29 is 19.1 Å². The molecule has 0 aromatic heterocycles. The van der Waals surface area contributed by atoms with Gasteiger partial charge in [0.2, 0.25) is 0 Å². The minimum atomic E-state index is -2.85. The molecule has 2 aromatic carbocycles. The summed E-state index contributed by atoms with van der Waals surface area (Å²) in [5.41, 5.74) is 0. The number of allylic oxidation sites excluding steroid dienone is 1. The number of ether oxygens (including phenoxy) is 1. The zero-order valence-electron chi connectivity index (χ0n) is 24.4. The smallest absolute Gasteiger partial charge is 0.306 e. The Morgan fingerprint density at radius 1 is 0.949 bits per heavy atom. The number of hydrogen-bond donors (Lipinski definition) is 1. The number of aliphatic hydroxyl groups is 1. The van der Waals surface area contributed by atoms with Gasteiger partial charge in [0.15, 0.2) is 0 Å². The minimum Gasteiger partial charge on any atom is -0.458 e. The molecule has 0 bridgehead atoms. The first-order chi connectivity index (χ1) is 18.8. The summed E-state index contributed by atoms with van der Waals surface area (Å²) >= 11 is 0. The molecule has 5 heteroatoms. The van der Waals surface area contributed by atoms with Crippen molar-refractivity contribution in [3.8, 4) is 0 Å². The average Bonchev–Trinajstić information content (AvgIpc) is 2.93. The summed E-state index contributed by atoms with van der Waals surface area (Å²) in [4.78, 5) is 12.3. The van der Waals surface area contributed by atoms with E-state index in [0.717, 1.165) is 44.9 Å². The molecule has 0 aliphatic carbocycles. The van der Waals surface area contributed by atoms with Crippen molar-refractivity contribution in [2.75, 3.05) is 0 Å². The van der Waals surface area contributed by atoms with Gasteiger partial charge in [-0.1, -0.05) is 126 Å². The van der Waals surface area contributed by atoms with Gasteiger partial charge in [-0.15, -0.1) is 0 Å². The van der Waals surface area contributed by atoms with E-state index in [9.17, 15) is 9.90 Å². The Hall–Kier alpha value is -2.47. The summed E-state index contributed by atoms with van der Waals surface area (Å²) in [6.45, 7) is 8.86. The third kappa shape index (κ3) is 8.76. The molecule has 1 heterocycles. The molecular weight excluding hydrogens is 500 g/mol. The predicted octanol–water partition coefficient (Wildman–Crippen LogP) is 6.86. The lowest BCUT2D eigenvalue weighted by atomic mass is 10.0. The molecule has 1 N–H and O–H groups in total. The van der Waals surface area contributed by atoms with Crippen molar-refractivity contribution in [2.24, 2.45) is 0 Å². The second-order valence-electron chi connectivity index (χ2n) is 11.6. The van der Waals surface area contributed by atoms with Crippen molar-refractivity contribution in [1.29, 1.82) is 0 Å². The first kappa shape index (κ1) is 31.1. The Kier molecular flexibility index (Phi) is 12.2. The second-order valence-corrected chi connectivity index (χ2v) is 15.9. The molecule has 39 heavy (non-hydrogen) atoms. The van der Waals surface area contributed by atoms with Crippen LogP contribution in [0.2, 0.25) is 5.04 Å². The number of carbonyl (C=O) groups excluding carboxylic acids is 1. The largest absolute Gasteiger partial charge is 0.458 e. The number of cyclic esters (lactones) is 1. The van der Waals surface area contributed by atoms with Crippen LogP contribution in [0.1, 0.15) is 85.5 Å². The van der Waals surface area contributed by atoms with Gasteiger partial charge in [0, 0.05) is 6.42 Å². The highest BCUT2D eigenvalue weighted by Gasteiger charge is 2.51. The fourth-order valence-electron chi connectivity index (χ4n) is 5.50. The molecule has 3 atom stereocenters. The number of hydrogen-bond acceptors (Lipinski definition) is 4. The lowest BCUT2D eigenvalue weighted by Gasteiger charge is -2.45. The summed E-state index contributed by atoms with van der Waals surface area (Å²) in [6, 6.07) is 21.1. The SMILES string of the molecule is CC/C=C\C[C@H](O[Si](c1ccccc1)(c1ccccc1)C(C)(C)C)[C@H](O)/C=C/[C@H]1CCCCCCCC(=O)O1. The topological polar surface area (TPSA) is 55.8 Å². The van der Waals surface area contributed by atoms with Gasteiger partial charge in [-0.3, -0.25) is 4.79 Å². The minimum absolute atomic E-state index is 0.146. The summed E-state index contributed by atoms with van der Waals surface area (Å²) < 4.78 is 13.1. The Bertz CT molecular complexity index is 1000. The van der Waals surface area contributed by atoms with Gasteiger partial charge in [0.25, 0.3) is 8.32 Å². The number of carbonyl (C=O) groups is 1. The van der Waals surface area contributed by atoms with Crippen LogP contribution in [0, 0.1) is 0 Å². The van der Waals surface area contributed by atoms with E-state index in [-0.39, 0.29) is 17.1 Å². The van der Waals surface area contributed by atoms with Crippen molar-refractivity contribution in [2.45, 2.75) is 109 Å². The third-order valence-corrected chi connectivity index (χ3v) is 12.6. The Morgan fingerprint density at radius 3 is 2.13 bits per heavy atom. The van der Waals surface area contributed by atoms with Crippen LogP contribution in [0.5, 0.6) is 0 Å². The van der Waals surface area contributed by atoms with Crippen LogP contribution < -0.4 is 10.4 Å². The molecule has 1 aliphatic rings. The Morgan fingerprint density at radius 2 is 1.54 bits per heavy atom. The van der Waals surface area contributed by atoms with E-state index in [2.05, 4.69) is 88.4 Å². The van der Waals surface area contributed by atoms with Crippen LogP contribution in [0.3, 0.4) is 0 Å². The van der Waals surface area contributed by atoms with Crippen LogP contribution in [0.4, 0.5) is 0 Å². The van der Waals surface area contributed by atoms with Crippen molar-refractivity contribution in [3.63, 3.8) is 0 Å². The average molecular weight is 549 g/mol. The maximum Gasteiger partial charge on any atom is 0.306 e. The van der Waals surface area contributed by atoms with Crippen LogP contribution in [-0.4, -0.2) is 37.7 Å². The molecule has 212 valence electrons. The number of benzene rings is 2. The van der Waals surface area contributed by atoms with E-state index < -0.39 is 20.5 Å². The van der Waals surface area contributed by atoms with Gasteiger partial charge in [0.1, 0.15) is 6.10 Å². The van der Waals surface area contributed by atoms with Gasteiger partial charge in [-0.2, -0.15) is 0 Å². The maximum atomic E-state index is 12.3. The van der Waals surface area contributed by atoms with Gasteiger partial charge in [-0.05, 0) is 53.6 Å². The van der Waals surface area contributed by atoms with E-state index in [1.807, 2.05) is 18.2 Å². The van der Waals surface area contributed by atoms with E-state index in [1.54, 1.807) is 6.08 Å². The summed E-state index contributed by atoms with van der Waals surface area (Å²) in [5, 5.41) is 13.8. The van der Waals surface area contributed by atoms with Crippen LogP contribution in [-0.2, 0) is 14.0 Å². The zero-order valence-corrected chi connectivity index (χ0v) is 25.4. The monoisotopic (exact) mass is 548 g/mol.